The van der Waals surface area contributed by atoms with E-state index < -0.39 is 0 Å². The molecule has 1 atom stereocenters. The Hall–Kier alpha value is -0.473. The molecule has 1 N–H and O–H groups in total. The molecular weight excluding hydrogens is 234 g/mol. The van der Waals surface area contributed by atoms with E-state index in [0.29, 0.717) is 0 Å². The lowest BCUT2D eigenvalue weighted by molar-refractivity contribution is 0.796. The molecule has 1 unspecified atom stereocenters. The highest BCUT2D eigenvalue weighted by molar-refractivity contribution is 6.60. The van der Waals surface area contributed by atoms with Crippen molar-refractivity contribution in [3.8, 4) is 0 Å². The van der Waals surface area contributed by atoms with E-state index in [4.69, 9.17) is 11.6 Å². The Kier molecular flexibility index (Phi) is 3.93. The van der Waals surface area contributed by atoms with Gasteiger partial charge in [0, 0.05) is 17.3 Å². The summed E-state index contributed by atoms with van der Waals surface area (Å²) in [6, 6.07) is 8.91. The van der Waals surface area contributed by atoms with Gasteiger partial charge in [-0.05, 0) is 29.7 Å². The lowest BCUT2D eigenvalue weighted by atomic mass is 10.0. The molecule has 0 aliphatic carbocycles. The Labute approximate surface area is 105 Å². The van der Waals surface area contributed by atoms with Crippen molar-refractivity contribution in [2.24, 2.45) is 0 Å². The zero-order valence-corrected chi connectivity index (χ0v) is 11.8. The van der Waals surface area contributed by atoms with Gasteiger partial charge >= 0.3 is 0 Å². The zero-order valence-electron chi connectivity index (χ0n) is 10.0. The SMILES string of the molecule is CC[Si](CC)C1CNc2cccc(Cl)c2C1. The van der Waals surface area contributed by atoms with Gasteiger partial charge in [-0.2, -0.15) is 0 Å². The van der Waals surface area contributed by atoms with Gasteiger partial charge in [-0.15, -0.1) is 0 Å². The molecule has 16 heavy (non-hydrogen) atoms. The zero-order chi connectivity index (χ0) is 11.5. The lowest BCUT2D eigenvalue weighted by Gasteiger charge is -2.31. The molecule has 0 bridgehead atoms. The number of hydrogen-bond donors (Lipinski definition) is 1. The average molecular weight is 253 g/mol. The number of hydrogen-bond acceptors (Lipinski definition) is 1. The Bertz CT molecular complexity index is 363. The molecule has 1 radical (unpaired) electrons. The monoisotopic (exact) mass is 252 g/mol. The summed E-state index contributed by atoms with van der Waals surface area (Å²) < 4.78 is 0. The van der Waals surface area contributed by atoms with E-state index in [-0.39, 0.29) is 8.80 Å². The summed E-state index contributed by atoms with van der Waals surface area (Å²) in [7, 11) is -0.203. The first-order valence-corrected chi connectivity index (χ1v) is 8.49. The van der Waals surface area contributed by atoms with Gasteiger partial charge in [0.1, 0.15) is 0 Å². The van der Waals surface area contributed by atoms with Gasteiger partial charge in [0.05, 0.1) is 8.80 Å². The van der Waals surface area contributed by atoms with Crippen molar-refractivity contribution in [3.63, 3.8) is 0 Å². The molecule has 2 rings (SSSR count). The van der Waals surface area contributed by atoms with E-state index in [0.717, 1.165) is 17.1 Å². The van der Waals surface area contributed by atoms with Gasteiger partial charge in [0.15, 0.2) is 0 Å². The molecule has 0 amide bonds. The van der Waals surface area contributed by atoms with E-state index in [1.165, 1.54) is 29.8 Å². The summed E-state index contributed by atoms with van der Waals surface area (Å²) in [5, 5.41) is 4.48. The van der Waals surface area contributed by atoms with E-state index in [1.807, 2.05) is 12.1 Å². The Balaban J connectivity index is 2.19. The summed E-state index contributed by atoms with van der Waals surface area (Å²) in [6.45, 7) is 5.81. The molecule has 1 aliphatic heterocycles. The van der Waals surface area contributed by atoms with Crippen molar-refractivity contribution >= 4 is 26.1 Å². The second-order valence-electron chi connectivity index (χ2n) is 4.41. The van der Waals surface area contributed by atoms with Crippen molar-refractivity contribution in [3.05, 3.63) is 28.8 Å². The molecule has 0 aromatic heterocycles. The Morgan fingerprint density at radius 1 is 1.38 bits per heavy atom. The molecule has 1 aromatic rings. The predicted octanol–water partition coefficient (Wildman–Crippen LogP) is 4.21. The van der Waals surface area contributed by atoms with Crippen LogP contribution >= 0.6 is 11.6 Å². The fourth-order valence-corrected chi connectivity index (χ4v) is 5.39. The third kappa shape index (κ3) is 2.28. The van der Waals surface area contributed by atoms with E-state index in [1.54, 1.807) is 0 Å². The summed E-state index contributed by atoms with van der Waals surface area (Å²) >= 11 is 6.27. The molecule has 0 fully saturated rings. The average Bonchev–Trinajstić information content (AvgIpc) is 2.32. The molecule has 0 saturated carbocycles. The number of halogens is 1. The molecule has 87 valence electrons. The maximum Gasteiger partial charge on any atom is 0.0530 e. The fraction of sp³-hybridized carbons (Fsp3) is 0.538. The van der Waals surface area contributed by atoms with Crippen LogP contribution in [-0.2, 0) is 6.42 Å². The number of nitrogens with one attached hydrogen (secondary N) is 1. The topological polar surface area (TPSA) is 12.0 Å². The smallest absolute Gasteiger partial charge is 0.0530 e. The standard InChI is InChI=1S/C13H19ClNSi/c1-3-16(4-2)10-8-11-12(14)6-5-7-13(11)15-9-10/h5-7,10,15H,3-4,8-9H2,1-2H3. The van der Waals surface area contributed by atoms with Gasteiger partial charge in [-0.1, -0.05) is 43.6 Å². The Morgan fingerprint density at radius 3 is 2.81 bits per heavy atom. The minimum atomic E-state index is -0.203. The minimum absolute atomic E-state index is 0.203. The van der Waals surface area contributed by atoms with Crippen LogP contribution in [0.5, 0.6) is 0 Å². The number of benzene rings is 1. The minimum Gasteiger partial charge on any atom is -0.385 e. The fourth-order valence-electron chi connectivity index (χ4n) is 2.60. The first-order chi connectivity index (χ1) is 7.76. The van der Waals surface area contributed by atoms with Crippen LogP contribution in [-0.4, -0.2) is 15.3 Å². The van der Waals surface area contributed by atoms with Crippen LogP contribution < -0.4 is 5.32 Å². The van der Waals surface area contributed by atoms with Crippen LogP contribution in [0.1, 0.15) is 19.4 Å². The van der Waals surface area contributed by atoms with Crippen LogP contribution in [0.4, 0.5) is 5.69 Å². The van der Waals surface area contributed by atoms with Gasteiger partial charge in [0.2, 0.25) is 0 Å². The highest BCUT2D eigenvalue weighted by Crippen LogP contribution is 2.35. The van der Waals surface area contributed by atoms with E-state index in [2.05, 4.69) is 25.2 Å². The van der Waals surface area contributed by atoms with Crippen LogP contribution in [0.2, 0.25) is 22.7 Å². The largest absolute Gasteiger partial charge is 0.385 e. The van der Waals surface area contributed by atoms with Gasteiger partial charge < -0.3 is 5.32 Å². The number of anilines is 1. The molecular formula is C13H19ClNSi. The summed E-state index contributed by atoms with van der Waals surface area (Å²) in [5.74, 6) is 0. The van der Waals surface area contributed by atoms with Crippen molar-refractivity contribution in [1.29, 1.82) is 0 Å². The molecule has 0 saturated heterocycles. The maximum atomic E-state index is 6.27. The summed E-state index contributed by atoms with van der Waals surface area (Å²) in [5.41, 5.74) is 3.43. The molecule has 1 aliphatic rings. The molecule has 1 nitrogen and oxygen atoms in total. The molecule has 1 heterocycles. The van der Waals surface area contributed by atoms with Crippen molar-refractivity contribution in [2.75, 3.05) is 11.9 Å². The van der Waals surface area contributed by atoms with Crippen LogP contribution in [0.3, 0.4) is 0 Å². The van der Waals surface area contributed by atoms with Crippen molar-refractivity contribution < 1.29 is 0 Å². The Morgan fingerprint density at radius 2 is 2.12 bits per heavy atom. The van der Waals surface area contributed by atoms with E-state index >= 15 is 0 Å². The first-order valence-electron chi connectivity index (χ1n) is 6.12. The number of fused-ring (bicyclic) bond motifs is 1. The molecule has 3 heteroatoms. The third-order valence-electron chi connectivity index (χ3n) is 3.59. The van der Waals surface area contributed by atoms with Gasteiger partial charge in [-0.3, -0.25) is 0 Å². The summed E-state index contributed by atoms with van der Waals surface area (Å²) in [4.78, 5) is 0. The predicted molar refractivity (Wildman–Crippen MR) is 74.1 cm³/mol. The molecule has 0 spiro atoms. The third-order valence-corrected chi connectivity index (χ3v) is 7.33. The van der Waals surface area contributed by atoms with E-state index in [9.17, 15) is 0 Å². The maximum absolute atomic E-state index is 6.27. The van der Waals surface area contributed by atoms with Gasteiger partial charge in [-0.25, -0.2) is 0 Å². The highest BCUT2D eigenvalue weighted by atomic mass is 35.5. The normalized spacial score (nSPS) is 19.4. The second kappa shape index (κ2) is 5.24. The highest BCUT2D eigenvalue weighted by Gasteiger charge is 2.26. The second-order valence-corrected chi connectivity index (χ2v) is 8.37. The van der Waals surface area contributed by atoms with Crippen LogP contribution in [0.25, 0.3) is 0 Å². The lowest BCUT2D eigenvalue weighted by Crippen LogP contribution is -2.30. The van der Waals surface area contributed by atoms with Crippen molar-refractivity contribution in [1.82, 2.24) is 0 Å². The summed E-state index contributed by atoms with van der Waals surface area (Å²) in [6.07, 6.45) is 1.18. The van der Waals surface area contributed by atoms with Gasteiger partial charge in [0.25, 0.3) is 0 Å². The molecule has 1 aromatic carbocycles. The quantitative estimate of drug-likeness (QED) is 0.795. The number of rotatable bonds is 3. The van der Waals surface area contributed by atoms with Crippen molar-refractivity contribution in [2.45, 2.75) is 37.9 Å². The van der Waals surface area contributed by atoms with Crippen LogP contribution in [0.15, 0.2) is 18.2 Å². The first kappa shape index (κ1) is 12.0. The van der Waals surface area contributed by atoms with Crippen LogP contribution in [0, 0.1) is 0 Å².